The molecule has 0 saturated carbocycles. The van der Waals surface area contributed by atoms with Crippen molar-refractivity contribution >= 4 is 17.5 Å². The number of carbonyl (C=O) groups excluding carboxylic acids is 2. The number of amides is 1. The van der Waals surface area contributed by atoms with Crippen LogP contribution in [0.2, 0.25) is 0 Å². The molecule has 1 aromatic heterocycles. The van der Waals surface area contributed by atoms with Crippen molar-refractivity contribution in [3.8, 4) is 22.4 Å². The first-order valence-corrected chi connectivity index (χ1v) is 13.6. The molecule has 0 aliphatic carbocycles. The van der Waals surface area contributed by atoms with Crippen LogP contribution in [0.15, 0.2) is 140 Å². The fourth-order valence-corrected chi connectivity index (χ4v) is 5.42. The maximum absolute atomic E-state index is 13.7. The van der Waals surface area contributed by atoms with E-state index in [1.807, 2.05) is 109 Å². The van der Waals surface area contributed by atoms with Gasteiger partial charge in [-0.25, -0.2) is 4.68 Å². The summed E-state index contributed by atoms with van der Waals surface area (Å²) in [4.78, 5) is 31.1. The van der Waals surface area contributed by atoms with E-state index in [1.54, 1.807) is 11.1 Å². The summed E-state index contributed by atoms with van der Waals surface area (Å²) in [5.74, 6) is -0.297. The monoisotopic (exact) mass is 534 g/mol. The van der Waals surface area contributed by atoms with E-state index in [9.17, 15) is 9.59 Å². The molecule has 7 rings (SSSR count). The molecule has 1 amide bonds. The minimum Gasteiger partial charge on any atom is -0.346 e. The molecule has 6 heteroatoms. The average Bonchev–Trinajstić information content (AvgIpc) is 3.67. The maximum Gasteiger partial charge on any atom is 0.278 e. The lowest BCUT2D eigenvalue weighted by Crippen LogP contribution is -2.26. The summed E-state index contributed by atoms with van der Waals surface area (Å²) in [6.45, 7) is 0.735. The van der Waals surface area contributed by atoms with E-state index in [2.05, 4.69) is 28.3 Å². The van der Waals surface area contributed by atoms with Gasteiger partial charge in [0.2, 0.25) is 0 Å². The third-order valence-electron chi connectivity index (χ3n) is 7.54. The quantitative estimate of drug-likeness (QED) is 0.246. The summed E-state index contributed by atoms with van der Waals surface area (Å²) in [5.41, 5.74) is 7.56. The van der Waals surface area contributed by atoms with E-state index >= 15 is 0 Å². The summed E-state index contributed by atoms with van der Waals surface area (Å²) in [7, 11) is 0. The zero-order valence-corrected chi connectivity index (χ0v) is 22.2. The van der Waals surface area contributed by atoms with E-state index in [-0.39, 0.29) is 11.8 Å². The van der Waals surface area contributed by atoms with Gasteiger partial charge in [-0.3, -0.25) is 14.5 Å². The first-order valence-electron chi connectivity index (χ1n) is 13.6. The van der Waals surface area contributed by atoms with Crippen LogP contribution in [0.25, 0.3) is 22.4 Å². The molecule has 198 valence electrons. The molecule has 6 nitrogen and oxygen atoms in total. The fraction of sp³-hybridized carbons (Fsp3) is 0.0571. The predicted octanol–water partition coefficient (Wildman–Crippen LogP) is 7.13. The second-order valence-electron chi connectivity index (χ2n) is 10.1. The Morgan fingerprint density at radius 2 is 1.46 bits per heavy atom. The van der Waals surface area contributed by atoms with E-state index in [0.29, 0.717) is 16.8 Å². The van der Waals surface area contributed by atoms with Gasteiger partial charge in [0.25, 0.3) is 11.8 Å². The molecule has 41 heavy (non-hydrogen) atoms. The maximum atomic E-state index is 13.7. The van der Waals surface area contributed by atoms with Crippen LogP contribution >= 0.6 is 0 Å². The molecule has 2 aliphatic rings. The van der Waals surface area contributed by atoms with Gasteiger partial charge in [-0.05, 0) is 47.0 Å². The predicted molar refractivity (Wildman–Crippen MR) is 160 cm³/mol. The Kier molecular flexibility index (Phi) is 6.13. The Morgan fingerprint density at radius 3 is 2.32 bits per heavy atom. The van der Waals surface area contributed by atoms with Crippen LogP contribution in [-0.4, -0.2) is 26.5 Å². The van der Waals surface area contributed by atoms with Crippen LogP contribution < -0.4 is 4.90 Å². The largest absolute Gasteiger partial charge is 0.346 e. The molecule has 0 bridgehead atoms. The Morgan fingerprint density at radius 1 is 0.707 bits per heavy atom. The van der Waals surface area contributed by atoms with Crippen molar-refractivity contribution in [2.75, 3.05) is 4.90 Å². The number of allylic oxidation sites excluding steroid dienone is 1. The van der Waals surface area contributed by atoms with Crippen molar-refractivity contribution in [3.05, 3.63) is 156 Å². The number of hydrogen-bond donors (Lipinski definition) is 0. The summed E-state index contributed by atoms with van der Waals surface area (Å²) in [6, 6.07) is 34.6. The number of anilines is 1. The molecule has 2 aliphatic heterocycles. The number of benzene rings is 4. The number of fused-ring (bicyclic) bond motifs is 2. The minimum absolute atomic E-state index is 0.0940. The van der Waals surface area contributed by atoms with Gasteiger partial charge in [0.15, 0.2) is 0 Å². The van der Waals surface area contributed by atoms with Crippen molar-refractivity contribution in [1.82, 2.24) is 14.7 Å². The van der Waals surface area contributed by atoms with Crippen molar-refractivity contribution in [2.45, 2.75) is 13.0 Å². The van der Waals surface area contributed by atoms with E-state index < -0.39 is 0 Å². The van der Waals surface area contributed by atoms with Crippen LogP contribution in [0.1, 0.15) is 32.7 Å². The molecule has 4 aromatic carbocycles. The molecule has 0 spiro atoms. The van der Waals surface area contributed by atoms with E-state index in [1.165, 1.54) is 4.68 Å². The standard InChI is InChI=1S/C35H26N4O2/c40-34(38-24-29-12-8-21-37(29)23-28-11-4-7-15-33(28)38)27-18-16-26(17-19-27)32-20-22-39(36-32)35(41)31-14-6-5-13-30(31)25-9-2-1-3-10-25/h1-11,13-22,24H,12,23H2. The van der Waals surface area contributed by atoms with Crippen LogP contribution in [-0.2, 0) is 6.54 Å². The van der Waals surface area contributed by atoms with Gasteiger partial charge in [0.05, 0.1) is 11.4 Å². The third kappa shape index (κ3) is 4.55. The topological polar surface area (TPSA) is 58.4 Å². The summed E-state index contributed by atoms with van der Waals surface area (Å²) < 4.78 is 1.37. The molecule has 0 fully saturated rings. The van der Waals surface area contributed by atoms with Gasteiger partial charge in [0, 0.05) is 53.9 Å². The lowest BCUT2D eigenvalue weighted by molar-refractivity contribution is 0.0945. The number of aromatic nitrogens is 2. The van der Waals surface area contributed by atoms with Crippen LogP contribution in [0, 0.1) is 0 Å². The highest BCUT2D eigenvalue weighted by atomic mass is 16.2. The van der Waals surface area contributed by atoms with Crippen LogP contribution in [0.5, 0.6) is 0 Å². The van der Waals surface area contributed by atoms with Crippen LogP contribution in [0.3, 0.4) is 0 Å². The van der Waals surface area contributed by atoms with Gasteiger partial charge in [0.1, 0.15) is 0 Å². The number of rotatable bonds is 4. The second kappa shape index (κ2) is 10.2. The molecule has 0 unspecified atom stereocenters. The SMILES string of the molecule is O=C(c1ccc(-c2ccn(C(=O)c3ccccc3-c3ccccc3)n2)cc1)N1C=C2CC=CN2Cc2ccccc21. The van der Waals surface area contributed by atoms with Gasteiger partial charge in [-0.15, -0.1) is 0 Å². The Balaban J connectivity index is 1.15. The lowest BCUT2D eigenvalue weighted by Gasteiger charge is -2.20. The molecular weight excluding hydrogens is 508 g/mol. The van der Waals surface area contributed by atoms with Gasteiger partial charge in [-0.1, -0.05) is 84.9 Å². The Hall–Kier alpha value is -5.49. The second-order valence-corrected chi connectivity index (χ2v) is 10.1. The summed E-state index contributed by atoms with van der Waals surface area (Å²) in [5, 5.41) is 4.58. The molecule has 0 saturated heterocycles. The van der Waals surface area contributed by atoms with Crippen molar-refractivity contribution in [2.24, 2.45) is 0 Å². The summed E-state index contributed by atoms with van der Waals surface area (Å²) in [6.07, 6.45) is 8.62. The number of carbonyl (C=O) groups is 2. The highest BCUT2D eigenvalue weighted by Crippen LogP contribution is 2.33. The molecule has 0 atom stereocenters. The minimum atomic E-state index is -0.203. The molecule has 3 heterocycles. The first-order chi connectivity index (χ1) is 20.2. The first kappa shape index (κ1) is 24.5. The average molecular weight is 535 g/mol. The molecule has 5 aromatic rings. The van der Waals surface area contributed by atoms with E-state index in [4.69, 9.17) is 0 Å². The lowest BCUT2D eigenvalue weighted by atomic mass is 9.99. The zero-order valence-electron chi connectivity index (χ0n) is 22.2. The fourth-order valence-electron chi connectivity index (χ4n) is 5.42. The highest BCUT2D eigenvalue weighted by Gasteiger charge is 2.26. The zero-order chi connectivity index (χ0) is 27.8. The third-order valence-corrected chi connectivity index (χ3v) is 7.54. The highest BCUT2D eigenvalue weighted by molar-refractivity contribution is 6.08. The normalized spacial score (nSPS) is 13.8. The Labute approximate surface area is 238 Å². The molecule has 0 radical (unpaired) electrons. The number of para-hydroxylation sites is 1. The molecule has 0 N–H and O–H groups in total. The van der Waals surface area contributed by atoms with Crippen molar-refractivity contribution in [3.63, 3.8) is 0 Å². The summed E-state index contributed by atoms with van der Waals surface area (Å²) >= 11 is 0. The van der Waals surface area contributed by atoms with Crippen molar-refractivity contribution < 1.29 is 9.59 Å². The van der Waals surface area contributed by atoms with Gasteiger partial charge < -0.3 is 4.90 Å². The number of nitrogens with zero attached hydrogens (tertiary/aromatic N) is 4. The molecular formula is C35H26N4O2. The smallest absolute Gasteiger partial charge is 0.278 e. The van der Waals surface area contributed by atoms with Gasteiger partial charge in [-0.2, -0.15) is 5.10 Å². The van der Waals surface area contributed by atoms with E-state index in [0.717, 1.165) is 46.6 Å². The number of hydrogen-bond acceptors (Lipinski definition) is 4. The van der Waals surface area contributed by atoms with Gasteiger partial charge >= 0.3 is 0 Å². The van der Waals surface area contributed by atoms with Crippen molar-refractivity contribution in [1.29, 1.82) is 0 Å². The van der Waals surface area contributed by atoms with Crippen LogP contribution in [0.4, 0.5) is 5.69 Å². The Bertz CT molecular complexity index is 1830.